The molecule has 0 atom stereocenters. The second-order valence-electron chi connectivity index (χ2n) is 8.52. The van der Waals surface area contributed by atoms with Crippen LogP contribution in [0.4, 0.5) is 0 Å². The molecular weight excluding hydrogens is 308 g/mol. The largest absolute Gasteiger partial charge is 0.459 e. The standard InChI is InChI=1S/C23H40O2/c1-3-5-6-8-23(24)25-22-17-15-21(16-18-22)14-13-20-11-9-19(7-4-2)10-12-20/h6,8,19-22H,3-5,7,9-18H2,1-2H3. The van der Waals surface area contributed by atoms with E-state index in [2.05, 4.69) is 13.8 Å². The third kappa shape index (κ3) is 7.96. The Hall–Kier alpha value is -0.790. The summed E-state index contributed by atoms with van der Waals surface area (Å²) in [4.78, 5) is 11.8. The highest BCUT2D eigenvalue weighted by Gasteiger charge is 2.25. The zero-order valence-corrected chi connectivity index (χ0v) is 16.7. The van der Waals surface area contributed by atoms with Crippen LogP contribution in [0.25, 0.3) is 0 Å². The maximum atomic E-state index is 11.8. The molecule has 2 nitrogen and oxygen atoms in total. The molecule has 0 aliphatic heterocycles. The van der Waals surface area contributed by atoms with Gasteiger partial charge in [0.1, 0.15) is 6.10 Å². The van der Waals surface area contributed by atoms with Crippen molar-refractivity contribution in [2.45, 2.75) is 110 Å². The Morgan fingerprint density at radius 3 is 1.84 bits per heavy atom. The fraction of sp³-hybridized carbons (Fsp3) is 0.870. The molecule has 2 aliphatic carbocycles. The van der Waals surface area contributed by atoms with Gasteiger partial charge in [0.2, 0.25) is 0 Å². The first-order chi connectivity index (χ1) is 12.2. The van der Waals surface area contributed by atoms with Crippen molar-refractivity contribution in [2.75, 3.05) is 0 Å². The number of unbranched alkanes of at least 4 members (excludes halogenated alkanes) is 1. The third-order valence-electron chi connectivity index (χ3n) is 6.43. The molecule has 0 bridgehead atoms. The van der Waals surface area contributed by atoms with E-state index >= 15 is 0 Å². The lowest BCUT2D eigenvalue weighted by Crippen LogP contribution is -2.24. The minimum atomic E-state index is -0.138. The molecule has 0 saturated heterocycles. The molecule has 25 heavy (non-hydrogen) atoms. The maximum Gasteiger partial charge on any atom is 0.330 e. The summed E-state index contributed by atoms with van der Waals surface area (Å²) in [5.74, 6) is 2.75. The van der Waals surface area contributed by atoms with Crippen molar-refractivity contribution in [3.63, 3.8) is 0 Å². The lowest BCUT2D eigenvalue weighted by Gasteiger charge is -2.31. The van der Waals surface area contributed by atoms with E-state index in [0.717, 1.165) is 43.4 Å². The van der Waals surface area contributed by atoms with E-state index in [1.165, 1.54) is 64.2 Å². The lowest BCUT2D eigenvalue weighted by atomic mass is 9.76. The molecule has 2 heteroatoms. The monoisotopic (exact) mass is 348 g/mol. The van der Waals surface area contributed by atoms with Gasteiger partial charge in [0.25, 0.3) is 0 Å². The molecule has 0 spiro atoms. The number of ether oxygens (including phenoxy) is 1. The van der Waals surface area contributed by atoms with Gasteiger partial charge < -0.3 is 4.74 Å². The molecule has 2 aliphatic rings. The molecule has 144 valence electrons. The van der Waals surface area contributed by atoms with Crippen molar-refractivity contribution in [1.29, 1.82) is 0 Å². The number of esters is 1. The molecule has 0 radical (unpaired) electrons. The summed E-state index contributed by atoms with van der Waals surface area (Å²) in [6.07, 6.45) is 22.0. The van der Waals surface area contributed by atoms with Crippen molar-refractivity contribution < 1.29 is 9.53 Å². The first-order valence-electron chi connectivity index (χ1n) is 11.1. The van der Waals surface area contributed by atoms with Crippen LogP contribution in [-0.4, -0.2) is 12.1 Å². The quantitative estimate of drug-likeness (QED) is 0.337. The molecule has 0 aromatic carbocycles. The second kappa shape index (κ2) is 11.8. The summed E-state index contributed by atoms with van der Waals surface area (Å²) in [6.45, 7) is 4.44. The predicted molar refractivity (Wildman–Crippen MR) is 105 cm³/mol. The Balaban J connectivity index is 1.56. The van der Waals surface area contributed by atoms with Crippen molar-refractivity contribution in [3.8, 4) is 0 Å². The van der Waals surface area contributed by atoms with Gasteiger partial charge in [-0.3, -0.25) is 0 Å². The van der Waals surface area contributed by atoms with E-state index in [4.69, 9.17) is 4.74 Å². The van der Waals surface area contributed by atoms with Gasteiger partial charge in [-0.25, -0.2) is 4.79 Å². The molecule has 0 unspecified atom stereocenters. The number of allylic oxidation sites excluding steroid dienone is 1. The minimum absolute atomic E-state index is 0.138. The number of carbonyl (C=O) groups is 1. The van der Waals surface area contributed by atoms with E-state index in [1.807, 2.05) is 6.08 Å². The molecule has 0 heterocycles. The average molecular weight is 349 g/mol. The predicted octanol–water partition coefficient (Wildman–Crippen LogP) is 6.83. The van der Waals surface area contributed by atoms with E-state index in [1.54, 1.807) is 6.08 Å². The van der Waals surface area contributed by atoms with Crippen LogP contribution in [-0.2, 0) is 9.53 Å². The van der Waals surface area contributed by atoms with E-state index in [-0.39, 0.29) is 12.1 Å². The molecule has 2 fully saturated rings. The molecule has 2 saturated carbocycles. The first-order valence-corrected chi connectivity index (χ1v) is 11.1. The topological polar surface area (TPSA) is 26.3 Å². The molecule has 2 rings (SSSR count). The summed E-state index contributed by atoms with van der Waals surface area (Å²) < 4.78 is 5.59. The molecule has 0 amide bonds. The fourth-order valence-electron chi connectivity index (χ4n) is 4.78. The van der Waals surface area contributed by atoms with E-state index < -0.39 is 0 Å². The van der Waals surface area contributed by atoms with Crippen molar-refractivity contribution in [3.05, 3.63) is 12.2 Å². The summed E-state index contributed by atoms with van der Waals surface area (Å²) in [5.41, 5.74) is 0. The second-order valence-corrected chi connectivity index (χ2v) is 8.52. The molecule has 0 N–H and O–H groups in total. The van der Waals surface area contributed by atoms with Gasteiger partial charge in [-0.15, -0.1) is 0 Å². The Morgan fingerprint density at radius 2 is 1.32 bits per heavy atom. The molecule has 0 aromatic heterocycles. The minimum Gasteiger partial charge on any atom is -0.459 e. The Labute approximate surface area is 155 Å². The van der Waals surface area contributed by atoms with Crippen LogP contribution < -0.4 is 0 Å². The van der Waals surface area contributed by atoms with E-state index in [0.29, 0.717) is 0 Å². The SMILES string of the molecule is CCCC=CC(=O)OC1CCC(CCC2CCC(CCC)CC2)CC1. The first kappa shape index (κ1) is 20.5. The summed E-state index contributed by atoms with van der Waals surface area (Å²) in [5, 5.41) is 0. The van der Waals surface area contributed by atoms with Crippen LogP contribution in [0.5, 0.6) is 0 Å². The van der Waals surface area contributed by atoms with E-state index in [9.17, 15) is 4.79 Å². The van der Waals surface area contributed by atoms with Crippen LogP contribution in [0.15, 0.2) is 12.2 Å². The normalized spacial score (nSPS) is 30.5. The van der Waals surface area contributed by atoms with Gasteiger partial charge in [0.05, 0.1) is 0 Å². The van der Waals surface area contributed by atoms with Crippen molar-refractivity contribution >= 4 is 5.97 Å². The van der Waals surface area contributed by atoms with Crippen molar-refractivity contribution in [2.24, 2.45) is 17.8 Å². The zero-order valence-electron chi connectivity index (χ0n) is 16.7. The highest BCUT2D eigenvalue weighted by molar-refractivity contribution is 5.82. The summed E-state index contributed by atoms with van der Waals surface area (Å²) in [7, 11) is 0. The highest BCUT2D eigenvalue weighted by atomic mass is 16.5. The zero-order chi connectivity index (χ0) is 17.9. The lowest BCUT2D eigenvalue weighted by molar-refractivity contribution is -0.144. The van der Waals surface area contributed by atoms with Gasteiger partial charge >= 0.3 is 5.97 Å². The molecular formula is C23H40O2. The number of hydrogen-bond donors (Lipinski definition) is 0. The van der Waals surface area contributed by atoms with Crippen LogP contribution >= 0.6 is 0 Å². The van der Waals surface area contributed by atoms with Crippen LogP contribution in [0, 0.1) is 17.8 Å². The Bertz CT molecular complexity index is 385. The number of hydrogen-bond acceptors (Lipinski definition) is 2. The van der Waals surface area contributed by atoms with Crippen LogP contribution in [0.2, 0.25) is 0 Å². The Kier molecular flexibility index (Phi) is 9.65. The number of rotatable bonds is 9. The smallest absolute Gasteiger partial charge is 0.330 e. The van der Waals surface area contributed by atoms with Gasteiger partial charge in [-0.1, -0.05) is 77.7 Å². The summed E-state index contributed by atoms with van der Waals surface area (Å²) >= 11 is 0. The molecule has 0 aromatic rings. The van der Waals surface area contributed by atoms with Gasteiger partial charge in [-0.2, -0.15) is 0 Å². The Morgan fingerprint density at radius 1 is 0.800 bits per heavy atom. The average Bonchev–Trinajstić information content (AvgIpc) is 2.63. The van der Waals surface area contributed by atoms with Crippen LogP contribution in [0.3, 0.4) is 0 Å². The number of carbonyl (C=O) groups excluding carboxylic acids is 1. The third-order valence-corrected chi connectivity index (χ3v) is 6.43. The van der Waals surface area contributed by atoms with Gasteiger partial charge in [-0.05, 0) is 49.9 Å². The van der Waals surface area contributed by atoms with Crippen LogP contribution in [0.1, 0.15) is 104 Å². The van der Waals surface area contributed by atoms with Crippen molar-refractivity contribution in [1.82, 2.24) is 0 Å². The van der Waals surface area contributed by atoms with Gasteiger partial charge in [0.15, 0.2) is 0 Å². The maximum absolute atomic E-state index is 11.8. The van der Waals surface area contributed by atoms with Gasteiger partial charge in [0, 0.05) is 6.08 Å². The fourth-order valence-corrected chi connectivity index (χ4v) is 4.78. The highest BCUT2D eigenvalue weighted by Crippen LogP contribution is 2.36. The summed E-state index contributed by atoms with van der Waals surface area (Å²) in [6, 6.07) is 0.